The summed E-state index contributed by atoms with van der Waals surface area (Å²) in [7, 11) is 0. The molecular formula is C22H36N2. The molecule has 24 heavy (non-hydrogen) atoms. The van der Waals surface area contributed by atoms with E-state index in [1.165, 1.54) is 17.5 Å². The Hall–Kier alpha value is -1.64. The highest BCUT2D eigenvalue weighted by molar-refractivity contribution is 5.21. The minimum Gasteiger partial charge on any atom is -0.298 e. The van der Waals surface area contributed by atoms with Gasteiger partial charge < -0.3 is 0 Å². The van der Waals surface area contributed by atoms with Gasteiger partial charge in [-0.2, -0.15) is 0 Å². The summed E-state index contributed by atoms with van der Waals surface area (Å²) in [6.45, 7) is 13.5. The molecule has 2 heteroatoms. The summed E-state index contributed by atoms with van der Waals surface area (Å²) in [6, 6.07) is 21.3. The molecule has 0 aliphatic heterocycles. The minimum atomic E-state index is 0.182. The van der Waals surface area contributed by atoms with Gasteiger partial charge in [0.1, 0.15) is 0 Å². The molecule has 2 aromatic carbocycles. The van der Waals surface area contributed by atoms with Crippen LogP contribution < -0.4 is 10.6 Å². The Morgan fingerprint density at radius 3 is 1.58 bits per heavy atom. The lowest BCUT2D eigenvalue weighted by Crippen LogP contribution is -2.35. The maximum absolute atomic E-state index is 3.64. The van der Waals surface area contributed by atoms with Crippen LogP contribution in [0.15, 0.2) is 60.7 Å². The van der Waals surface area contributed by atoms with Gasteiger partial charge >= 0.3 is 0 Å². The number of hydrogen-bond donors (Lipinski definition) is 2. The van der Waals surface area contributed by atoms with Crippen LogP contribution in [0, 0.1) is 0 Å². The highest BCUT2D eigenvalue weighted by atomic mass is 15.1. The standard InChI is InChI=1S/C17H22N2.C3H8.C2H6/c1-3-18-17(16-12-8-5-9-13-16)19-14(2)15-10-6-4-7-11-15;1-3-2;1-2/h4-14,17-19H,3H2,1-2H3;3H2,1-2H3;1-2H3. The zero-order valence-corrected chi connectivity index (χ0v) is 16.3. The first-order valence-electron chi connectivity index (χ1n) is 9.32. The summed E-state index contributed by atoms with van der Waals surface area (Å²) in [5.41, 5.74) is 2.58. The van der Waals surface area contributed by atoms with E-state index in [0.29, 0.717) is 6.04 Å². The van der Waals surface area contributed by atoms with Crippen molar-refractivity contribution in [2.24, 2.45) is 0 Å². The number of rotatable bonds is 6. The third-order valence-electron chi connectivity index (χ3n) is 3.26. The molecule has 0 aliphatic carbocycles. The fraction of sp³-hybridized carbons (Fsp3) is 0.455. The molecule has 0 amide bonds. The molecular weight excluding hydrogens is 292 g/mol. The van der Waals surface area contributed by atoms with Crippen LogP contribution in [0.1, 0.15) is 71.3 Å². The van der Waals surface area contributed by atoms with E-state index < -0.39 is 0 Å². The van der Waals surface area contributed by atoms with Gasteiger partial charge in [0.15, 0.2) is 0 Å². The molecule has 0 aliphatic rings. The average molecular weight is 329 g/mol. The fourth-order valence-electron chi connectivity index (χ4n) is 2.21. The van der Waals surface area contributed by atoms with Crippen molar-refractivity contribution < 1.29 is 0 Å². The minimum absolute atomic E-state index is 0.182. The van der Waals surface area contributed by atoms with Gasteiger partial charge in [0.05, 0.1) is 6.17 Å². The first kappa shape index (κ1) is 22.4. The van der Waals surface area contributed by atoms with Crippen molar-refractivity contribution in [3.8, 4) is 0 Å². The summed E-state index contributed by atoms with van der Waals surface area (Å²) in [4.78, 5) is 0. The monoisotopic (exact) mass is 328 g/mol. The number of nitrogens with one attached hydrogen (secondary N) is 2. The third kappa shape index (κ3) is 8.85. The Morgan fingerprint density at radius 1 is 0.750 bits per heavy atom. The summed E-state index contributed by atoms with van der Waals surface area (Å²) < 4.78 is 0. The molecule has 0 saturated carbocycles. The molecule has 2 aromatic rings. The smallest absolute Gasteiger partial charge is 0.0840 e. The molecule has 0 fully saturated rings. The molecule has 0 bridgehead atoms. The van der Waals surface area contributed by atoms with Gasteiger partial charge in [-0.25, -0.2) is 0 Å². The molecule has 2 N–H and O–H groups in total. The Balaban J connectivity index is 0.000000952. The highest BCUT2D eigenvalue weighted by Crippen LogP contribution is 2.17. The van der Waals surface area contributed by atoms with Crippen molar-refractivity contribution in [2.45, 2.75) is 60.2 Å². The van der Waals surface area contributed by atoms with E-state index in [1.54, 1.807) is 0 Å². The predicted octanol–water partition coefficient (Wildman–Crippen LogP) is 6.09. The van der Waals surface area contributed by atoms with Crippen LogP contribution in [0.5, 0.6) is 0 Å². The molecule has 0 heterocycles. The second kappa shape index (κ2) is 14.9. The van der Waals surface area contributed by atoms with Gasteiger partial charge in [-0.15, -0.1) is 0 Å². The van der Waals surface area contributed by atoms with Gasteiger partial charge in [-0.3, -0.25) is 10.6 Å². The Bertz CT molecular complexity index is 482. The normalized spacial score (nSPS) is 12.1. The molecule has 0 spiro atoms. The highest BCUT2D eigenvalue weighted by Gasteiger charge is 2.13. The maximum atomic E-state index is 3.64. The molecule has 2 nitrogen and oxygen atoms in total. The van der Waals surface area contributed by atoms with Crippen molar-refractivity contribution in [3.63, 3.8) is 0 Å². The van der Waals surface area contributed by atoms with Crippen molar-refractivity contribution >= 4 is 0 Å². The molecule has 2 rings (SSSR count). The van der Waals surface area contributed by atoms with Crippen molar-refractivity contribution in [3.05, 3.63) is 71.8 Å². The fourth-order valence-corrected chi connectivity index (χ4v) is 2.21. The lowest BCUT2D eigenvalue weighted by Gasteiger charge is -2.24. The largest absolute Gasteiger partial charge is 0.298 e. The molecule has 0 aromatic heterocycles. The Labute approximate surface area is 149 Å². The van der Waals surface area contributed by atoms with Crippen molar-refractivity contribution in [2.75, 3.05) is 6.54 Å². The van der Waals surface area contributed by atoms with E-state index in [4.69, 9.17) is 0 Å². The zero-order valence-electron chi connectivity index (χ0n) is 16.3. The lowest BCUT2D eigenvalue weighted by atomic mass is 10.1. The van der Waals surface area contributed by atoms with E-state index in [1.807, 2.05) is 19.9 Å². The van der Waals surface area contributed by atoms with E-state index >= 15 is 0 Å². The SMILES string of the molecule is CC.CCC.CCNC(NC(C)c1ccccc1)c1ccccc1. The third-order valence-corrected chi connectivity index (χ3v) is 3.26. The van der Waals surface area contributed by atoms with E-state index in [-0.39, 0.29) is 6.17 Å². The topological polar surface area (TPSA) is 24.1 Å². The molecule has 0 radical (unpaired) electrons. The number of benzene rings is 2. The quantitative estimate of drug-likeness (QED) is 0.627. The summed E-state index contributed by atoms with van der Waals surface area (Å²) in [5.74, 6) is 0. The van der Waals surface area contributed by atoms with Gasteiger partial charge in [0.2, 0.25) is 0 Å². The molecule has 2 atom stereocenters. The first-order valence-corrected chi connectivity index (χ1v) is 9.32. The van der Waals surface area contributed by atoms with Crippen LogP contribution in [-0.4, -0.2) is 6.54 Å². The van der Waals surface area contributed by atoms with Crippen LogP contribution in [-0.2, 0) is 0 Å². The van der Waals surface area contributed by atoms with Gasteiger partial charge in [-0.05, 0) is 24.6 Å². The van der Waals surface area contributed by atoms with Crippen LogP contribution in [0.3, 0.4) is 0 Å². The first-order chi connectivity index (χ1) is 11.7. The predicted molar refractivity (Wildman–Crippen MR) is 108 cm³/mol. The maximum Gasteiger partial charge on any atom is 0.0840 e. The molecule has 2 unspecified atom stereocenters. The summed E-state index contributed by atoms with van der Waals surface area (Å²) in [6.07, 6.45) is 1.43. The van der Waals surface area contributed by atoms with E-state index in [9.17, 15) is 0 Å². The Kier molecular flexibility index (Phi) is 13.9. The van der Waals surface area contributed by atoms with Crippen molar-refractivity contribution in [1.82, 2.24) is 10.6 Å². The van der Waals surface area contributed by atoms with Gasteiger partial charge in [0.25, 0.3) is 0 Å². The number of hydrogen-bond acceptors (Lipinski definition) is 2. The van der Waals surface area contributed by atoms with Crippen LogP contribution in [0.4, 0.5) is 0 Å². The summed E-state index contributed by atoms with van der Waals surface area (Å²) in [5, 5.41) is 7.13. The van der Waals surface area contributed by atoms with Crippen LogP contribution in [0.2, 0.25) is 0 Å². The lowest BCUT2D eigenvalue weighted by molar-refractivity contribution is 0.404. The van der Waals surface area contributed by atoms with Gasteiger partial charge in [-0.1, -0.05) is 102 Å². The summed E-state index contributed by atoms with van der Waals surface area (Å²) >= 11 is 0. The van der Waals surface area contributed by atoms with E-state index in [0.717, 1.165) is 6.54 Å². The van der Waals surface area contributed by atoms with Crippen LogP contribution >= 0.6 is 0 Å². The van der Waals surface area contributed by atoms with Crippen LogP contribution in [0.25, 0.3) is 0 Å². The van der Waals surface area contributed by atoms with E-state index in [2.05, 4.69) is 92.9 Å². The molecule has 134 valence electrons. The second-order valence-electron chi connectivity index (χ2n) is 5.41. The average Bonchev–Trinajstić information content (AvgIpc) is 2.65. The molecule has 0 saturated heterocycles. The Morgan fingerprint density at radius 2 is 1.17 bits per heavy atom. The zero-order chi connectivity index (χ0) is 18.2. The van der Waals surface area contributed by atoms with Gasteiger partial charge in [0, 0.05) is 6.04 Å². The second-order valence-corrected chi connectivity index (χ2v) is 5.41. The van der Waals surface area contributed by atoms with Crippen molar-refractivity contribution in [1.29, 1.82) is 0 Å².